The lowest BCUT2D eigenvalue weighted by molar-refractivity contribution is 0.645. The Bertz CT molecular complexity index is 682. The molecule has 2 aromatic rings. The molecule has 1 unspecified atom stereocenters. The first-order chi connectivity index (χ1) is 10.9. The van der Waals surface area contributed by atoms with Crippen LogP contribution in [0.5, 0.6) is 0 Å². The Morgan fingerprint density at radius 3 is 2.52 bits per heavy atom. The van der Waals surface area contributed by atoms with Gasteiger partial charge in [-0.2, -0.15) is 5.10 Å². The highest BCUT2D eigenvalue weighted by Gasteiger charge is 2.12. The maximum absolute atomic E-state index is 6.21. The zero-order chi connectivity index (χ0) is 17.0. The maximum Gasteiger partial charge on any atom is 0.173 e. The molecule has 0 aliphatic rings. The molecule has 0 amide bonds. The van der Waals surface area contributed by atoms with Gasteiger partial charge >= 0.3 is 0 Å². The summed E-state index contributed by atoms with van der Waals surface area (Å²) in [6.45, 7) is 4.55. The largest absolute Gasteiger partial charge is 0.360 e. The van der Waals surface area contributed by atoms with Gasteiger partial charge < -0.3 is 10.6 Å². The number of nitrogens with zero attached hydrogens (tertiary/aromatic N) is 2. The molecule has 124 valence electrons. The summed E-state index contributed by atoms with van der Waals surface area (Å²) in [6, 6.07) is 5.66. The van der Waals surface area contributed by atoms with Gasteiger partial charge in [0.15, 0.2) is 10.9 Å². The normalized spacial score (nSPS) is 12.0. The Morgan fingerprint density at radius 2 is 1.91 bits per heavy atom. The number of rotatable bonds is 5. The van der Waals surface area contributed by atoms with Gasteiger partial charge in [0, 0.05) is 27.8 Å². The second kappa shape index (κ2) is 8.20. The number of benzene rings is 1. The molecule has 1 heterocycles. The van der Waals surface area contributed by atoms with Gasteiger partial charge in [0.05, 0.1) is 6.54 Å². The van der Waals surface area contributed by atoms with E-state index in [1.54, 1.807) is 29.1 Å². The average Bonchev–Trinajstić information content (AvgIpc) is 2.82. The molecule has 0 fully saturated rings. The molecule has 2 rings (SSSR count). The minimum atomic E-state index is 0.276. The first-order valence-corrected chi connectivity index (χ1v) is 8.68. The number of thiocarbonyl (C=S) groups is 1. The van der Waals surface area contributed by atoms with Crippen molar-refractivity contribution in [2.45, 2.75) is 32.9 Å². The van der Waals surface area contributed by atoms with Gasteiger partial charge in [-0.25, -0.2) is 0 Å². The fourth-order valence-corrected chi connectivity index (χ4v) is 2.89. The third-order valence-electron chi connectivity index (χ3n) is 3.32. The van der Waals surface area contributed by atoms with Crippen molar-refractivity contribution in [3.8, 4) is 0 Å². The van der Waals surface area contributed by atoms with Gasteiger partial charge in [-0.05, 0) is 37.7 Å². The van der Waals surface area contributed by atoms with Crippen LogP contribution in [0.25, 0.3) is 0 Å². The summed E-state index contributed by atoms with van der Waals surface area (Å²) in [6.07, 6.45) is 2.67. The smallest absolute Gasteiger partial charge is 0.173 e. The van der Waals surface area contributed by atoms with E-state index >= 15 is 0 Å². The Labute approximate surface area is 156 Å². The highest BCUT2D eigenvalue weighted by molar-refractivity contribution is 7.80. The maximum atomic E-state index is 6.21. The minimum Gasteiger partial charge on any atom is -0.360 e. The molecule has 0 aliphatic heterocycles. The summed E-state index contributed by atoms with van der Waals surface area (Å²) in [5, 5.41) is 12.7. The van der Waals surface area contributed by atoms with Crippen LogP contribution in [0.4, 0.5) is 5.82 Å². The molecule has 0 bridgehead atoms. The van der Waals surface area contributed by atoms with Gasteiger partial charge in [0.25, 0.3) is 0 Å². The number of anilines is 1. The first kappa shape index (κ1) is 18.3. The molecule has 1 aromatic carbocycles. The zero-order valence-electron chi connectivity index (χ0n) is 12.7. The van der Waals surface area contributed by atoms with E-state index in [0.717, 1.165) is 12.0 Å². The SMILES string of the molecule is CCC(C)NC(=S)Nc1nn(Cc2c(Cl)cccc2Cl)cc1Cl. The summed E-state index contributed by atoms with van der Waals surface area (Å²) >= 11 is 23.8. The molecule has 1 atom stereocenters. The van der Waals surface area contributed by atoms with Crippen LogP contribution in [0, 0.1) is 0 Å². The molecule has 4 nitrogen and oxygen atoms in total. The van der Waals surface area contributed by atoms with Gasteiger partial charge in [0.1, 0.15) is 5.02 Å². The summed E-state index contributed by atoms with van der Waals surface area (Å²) in [5.74, 6) is 0.496. The number of nitrogens with one attached hydrogen (secondary N) is 2. The van der Waals surface area contributed by atoms with Gasteiger partial charge in [-0.1, -0.05) is 47.8 Å². The lowest BCUT2D eigenvalue weighted by Crippen LogP contribution is -2.35. The van der Waals surface area contributed by atoms with Crippen LogP contribution < -0.4 is 10.6 Å². The molecule has 0 aliphatic carbocycles. The van der Waals surface area contributed by atoms with Crippen molar-refractivity contribution in [1.29, 1.82) is 0 Å². The van der Waals surface area contributed by atoms with E-state index in [4.69, 9.17) is 47.0 Å². The molecule has 1 aromatic heterocycles. The van der Waals surface area contributed by atoms with Crippen molar-refractivity contribution in [2.24, 2.45) is 0 Å². The first-order valence-electron chi connectivity index (χ1n) is 7.14. The summed E-state index contributed by atoms with van der Waals surface area (Å²) in [5.41, 5.74) is 0.793. The van der Waals surface area contributed by atoms with Crippen molar-refractivity contribution in [2.75, 3.05) is 5.32 Å². The fourth-order valence-electron chi connectivity index (χ4n) is 1.88. The van der Waals surface area contributed by atoms with Crippen molar-refractivity contribution < 1.29 is 0 Å². The topological polar surface area (TPSA) is 41.9 Å². The summed E-state index contributed by atoms with van der Waals surface area (Å²) < 4.78 is 1.67. The molecule has 23 heavy (non-hydrogen) atoms. The van der Waals surface area contributed by atoms with Crippen molar-refractivity contribution in [3.05, 3.63) is 45.0 Å². The summed E-state index contributed by atoms with van der Waals surface area (Å²) in [4.78, 5) is 0. The minimum absolute atomic E-state index is 0.276. The molecular formula is C15H17Cl3N4S. The van der Waals surface area contributed by atoms with Gasteiger partial charge in [-0.3, -0.25) is 4.68 Å². The fraction of sp³-hybridized carbons (Fsp3) is 0.333. The number of hydrogen-bond acceptors (Lipinski definition) is 2. The standard InChI is InChI=1S/C15H17Cl3N4S/c1-3-9(2)19-15(23)20-14-13(18)8-22(21-14)7-10-11(16)5-4-6-12(10)17/h4-6,8-9H,3,7H2,1-2H3,(H2,19,20,21,23). The van der Waals surface area contributed by atoms with Gasteiger partial charge in [-0.15, -0.1) is 0 Å². The predicted octanol–water partition coefficient (Wildman–Crippen LogP) is 4.98. The van der Waals surface area contributed by atoms with E-state index in [-0.39, 0.29) is 6.04 Å². The number of aromatic nitrogens is 2. The van der Waals surface area contributed by atoms with Crippen molar-refractivity contribution in [1.82, 2.24) is 15.1 Å². The zero-order valence-corrected chi connectivity index (χ0v) is 15.8. The lowest BCUT2D eigenvalue weighted by atomic mass is 10.2. The Balaban J connectivity index is 2.11. The van der Waals surface area contributed by atoms with Crippen LogP contribution in [0.15, 0.2) is 24.4 Å². The monoisotopic (exact) mass is 390 g/mol. The van der Waals surface area contributed by atoms with Crippen molar-refractivity contribution >= 4 is 58.0 Å². The molecule has 0 saturated carbocycles. The van der Waals surface area contributed by atoms with Crippen LogP contribution in [0.2, 0.25) is 15.1 Å². The molecule has 0 saturated heterocycles. The van der Waals surface area contributed by atoms with Crippen LogP contribution >= 0.6 is 47.0 Å². The van der Waals surface area contributed by atoms with Crippen LogP contribution in [0.1, 0.15) is 25.8 Å². The van der Waals surface area contributed by atoms with Crippen molar-refractivity contribution in [3.63, 3.8) is 0 Å². The van der Waals surface area contributed by atoms with Gasteiger partial charge in [0.2, 0.25) is 0 Å². The third-order valence-corrected chi connectivity index (χ3v) is 4.53. The highest BCUT2D eigenvalue weighted by atomic mass is 35.5. The second-order valence-corrected chi connectivity index (χ2v) is 6.76. The van der Waals surface area contributed by atoms with Crippen LogP contribution in [-0.2, 0) is 6.54 Å². The van der Waals surface area contributed by atoms with Crippen LogP contribution in [0.3, 0.4) is 0 Å². The highest BCUT2D eigenvalue weighted by Crippen LogP contribution is 2.26. The molecular weight excluding hydrogens is 375 g/mol. The quantitative estimate of drug-likeness (QED) is 0.706. The Kier molecular flexibility index (Phi) is 6.53. The molecule has 8 heteroatoms. The van der Waals surface area contributed by atoms with E-state index in [9.17, 15) is 0 Å². The van der Waals surface area contributed by atoms with E-state index < -0.39 is 0 Å². The lowest BCUT2D eigenvalue weighted by Gasteiger charge is -2.14. The Hall–Kier alpha value is -1.01. The second-order valence-electron chi connectivity index (χ2n) is 5.13. The average molecular weight is 392 g/mol. The van der Waals surface area contributed by atoms with E-state index in [1.807, 2.05) is 6.92 Å². The van der Waals surface area contributed by atoms with E-state index in [0.29, 0.717) is 32.5 Å². The Morgan fingerprint density at radius 1 is 1.26 bits per heavy atom. The number of hydrogen-bond donors (Lipinski definition) is 2. The number of halogens is 3. The molecule has 2 N–H and O–H groups in total. The molecule has 0 radical (unpaired) electrons. The van der Waals surface area contributed by atoms with Crippen LogP contribution in [-0.4, -0.2) is 20.9 Å². The predicted molar refractivity (Wildman–Crippen MR) is 102 cm³/mol. The van der Waals surface area contributed by atoms with E-state index in [1.165, 1.54) is 0 Å². The summed E-state index contributed by atoms with van der Waals surface area (Å²) in [7, 11) is 0. The third kappa shape index (κ3) is 4.98. The molecule has 0 spiro atoms. The van der Waals surface area contributed by atoms with E-state index in [2.05, 4.69) is 22.7 Å².